The molecule has 96 valence electrons. The van der Waals surface area contributed by atoms with E-state index in [2.05, 4.69) is 9.97 Å². The molecule has 0 bridgehead atoms. The smallest absolute Gasteiger partial charge is 0.246 e. The van der Waals surface area contributed by atoms with Gasteiger partial charge in [-0.15, -0.1) is 0 Å². The van der Waals surface area contributed by atoms with Crippen LogP contribution in [0.4, 0.5) is 5.69 Å². The van der Waals surface area contributed by atoms with Gasteiger partial charge in [0.25, 0.3) is 0 Å². The maximum Gasteiger partial charge on any atom is 0.246 e. The predicted molar refractivity (Wildman–Crippen MR) is 79.2 cm³/mol. The van der Waals surface area contributed by atoms with Crippen LogP contribution in [0.2, 0.25) is 0 Å². The number of nitrogen functional groups attached to an aromatic ring is 1. The molecule has 0 spiro atoms. The Hall–Kier alpha value is -2.88. The molecule has 0 aliphatic rings. The second-order valence-corrected chi connectivity index (χ2v) is 4.64. The summed E-state index contributed by atoms with van der Waals surface area (Å²) in [5.74, 6) is 0.511. The fourth-order valence-electron chi connectivity index (χ4n) is 2.24. The largest absolute Gasteiger partial charge is 0.435 e. The van der Waals surface area contributed by atoms with Gasteiger partial charge in [0.05, 0.1) is 5.52 Å². The topological polar surface area (TPSA) is 64.9 Å². The summed E-state index contributed by atoms with van der Waals surface area (Å²) in [5, 5.41) is 1.09. The second-order valence-electron chi connectivity index (χ2n) is 4.64. The Balaban J connectivity index is 1.91. The van der Waals surface area contributed by atoms with E-state index in [1.54, 1.807) is 12.1 Å². The van der Waals surface area contributed by atoms with Crippen molar-refractivity contribution in [1.82, 2.24) is 9.97 Å². The lowest BCUT2D eigenvalue weighted by Crippen LogP contribution is -1.85. The van der Waals surface area contributed by atoms with Gasteiger partial charge < -0.3 is 10.2 Å². The van der Waals surface area contributed by atoms with Crippen LogP contribution < -0.4 is 5.73 Å². The number of hydrogen-bond donors (Lipinski definition) is 1. The quantitative estimate of drug-likeness (QED) is 0.531. The molecule has 0 unspecified atom stereocenters. The van der Waals surface area contributed by atoms with Crippen LogP contribution in [0.15, 0.2) is 59.0 Å². The van der Waals surface area contributed by atoms with Gasteiger partial charge in [0.15, 0.2) is 5.58 Å². The van der Waals surface area contributed by atoms with E-state index in [0.717, 1.165) is 22.1 Å². The number of oxazole rings is 1. The Labute approximate surface area is 114 Å². The molecular weight excluding hydrogens is 250 g/mol. The number of para-hydroxylation sites is 1. The Kier molecular flexibility index (Phi) is 2.23. The number of aromatic nitrogens is 2. The molecule has 20 heavy (non-hydrogen) atoms. The van der Waals surface area contributed by atoms with Gasteiger partial charge >= 0.3 is 0 Å². The van der Waals surface area contributed by atoms with E-state index >= 15 is 0 Å². The van der Waals surface area contributed by atoms with Crippen molar-refractivity contribution in [3.8, 4) is 11.6 Å². The fraction of sp³-hybridized carbons (Fsp3) is 0. The first kappa shape index (κ1) is 11.0. The van der Waals surface area contributed by atoms with Gasteiger partial charge in [-0.05, 0) is 30.3 Å². The predicted octanol–water partition coefficient (Wildman–Crippen LogP) is 3.63. The molecule has 0 atom stereocenters. The lowest BCUT2D eigenvalue weighted by atomic mass is 10.2. The first-order valence-electron chi connectivity index (χ1n) is 6.32. The van der Waals surface area contributed by atoms with Crippen molar-refractivity contribution < 1.29 is 4.42 Å². The maximum absolute atomic E-state index is 5.75. The molecule has 0 radical (unpaired) electrons. The molecule has 0 aliphatic carbocycles. The molecule has 0 fully saturated rings. The minimum Gasteiger partial charge on any atom is -0.435 e. The molecule has 0 amide bonds. The van der Waals surface area contributed by atoms with Crippen molar-refractivity contribution in [2.24, 2.45) is 0 Å². The number of nitrogens with zero attached hydrogens (tertiary/aromatic N) is 2. The van der Waals surface area contributed by atoms with E-state index < -0.39 is 0 Å². The summed E-state index contributed by atoms with van der Waals surface area (Å²) < 4.78 is 5.73. The maximum atomic E-state index is 5.75. The highest BCUT2D eigenvalue weighted by atomic mass is 16.3. The van der Waals surface area contributed by atoms with Crippen LogP contribution in [0.1, 0.15) is 0 Å². The highest BCUT2D eigenvalue weighted by Gasteiger charge is 2.10. The van der Waals surface area contributed by atoms with Gasteiger partial charge in [-0.25, -0.2) is 9.97 Å². The van der Waals surface area contributed by atoms with Crippen LogP contribution in [-0.2, 0) is 0 Å². The number of anilines is 1. The van der Waals surface area contributed by atoms with Crippen molar-refractivity contribution >= 4 is 27.7 Å². The minimum atomic E-state index is 0.511. The highest BCUT2D eigenvalue weighted by Crippen LogP contribution is 2.25. The van der Waals surface area contributed by atoms with E-state index in [4.69, 9.17) is 10.2 Å². The number of pyridine rings is 1. The number of fused-ring (bicyclic) bond motifs is 2. The van der Waals surface area contributed by atoms with E-state index in [1.165, 1.54) is 0 Å². The molecular formula is C16H11N3O. The molecule has 4 aromatic rings. The van der Waals surface area contributed by atoms with Crippen LogP contribution in [0.5, 0.6) is 0 Å². The molecule has 0 saturated heterocycles. The third-order valence-electron chi connectivity index (χ3n) is 3.23. The molecule has 2 aromatic heterocycles. The van der Waals surface area contributed by atoms with E-state index in [0.29, 0.717) is 17.2 Å². The van der Waals surface area contributed by atoms with Crippen LogP contribution in [0, 0.1) is 0 Å². The summed E-state index contributed by atoms with van der Waals surface area (Å²) in [6.45, 7) is 0. The van der Waals surface area contributed by atoms with Crippen molar-refractivity contribution in [2.45, 2.75) is 0 Å². The van der Waals surface area contributed by atoms with E-state index in [-0.39, 0.29) is 0 Å². The number of hydrogen-bond acceptors (Lipinski definition) is 4. The van der Waals surface area contributed by atoms with Gasteiger partial charge in [0.2, 0.25) is 5.89 Å². The normalized spacial score (nSPS) is 11.2. The lowest BCUT2D eigenvalue weighted by Gasteiger charge is -1.98. The Morgan fingerprint density at radius 2 is 1.75 bits per heavy atom. The van der Waals surface area contributed by atoms with Crippen LogP contribution >= 0.6 is 0 Å². The fourth-order valence-corrected chi connectivity index (χ4v) is 2.24. The third-order valence-corrected chi connectivity index (χ3v) is 3.23. The average Bonchev–Trinajstić information content (AvgIpc) is 2.89. The van der Waals surface area contributed by atoms with Crippen LogP contribution in [0.25, 0.3) is 33.6 Å². The zero-order valence-corrected chi connectivity index (χ0v) is 10.6. The van der Waals surface area contributed by atoms with E-state index in [1.807, 2.05) is 42.5 Å². The second kappa shape index (κ2) is 4.06. The molecule has 0 saturated carbocycles. The summed E-state index contributed by atoms with van der Waals surface area (Å²) in [5.41, 5.74) is 9.52. The number of benzene rings is 2. The molecule has 4 nitrogen and oxygen atoms in total. The Bertz CT molecular complexity index is 927. The van der Waals surface area contributed by atoms with Gasteiger partial charge in [0, 0.05) is 11.1 Å². The van der Waals surface area contributed by atoms with Crippen molar-refractivity contribution in [2.75, 3.05) is 5.73 Å². The first-order chi connectivity index (χ1) is 9.79. The third kappa shape index (κ3) is 1.70. The molecule has 2 N–H and O–H groups in total. The van der Waals surface area contributed by atoms with Gasteiger partial charge in [-0.3, -0.25) is 0 Å². The lowest BCUT2D eigenvalue weighted by molar-refractivity contribution is 0.617. The number of rotatable bonds is 1. The average molecular weight is 261 g/mol. The molecule has 4 heteroatoms. The van der Waals surface area contributed by atoms with Gasteiger partial charge in [0.1, 0.15) is 11.2 Å². The summed E-state index contributed by atoms with van der Waals surface area (Å²) in [6.07, 6.45) is 0. The summed E-state index contributed by atoms with van der Waals surface area (Å²) in [4.78, 5) is 9.02. The summed E-state index contributed by atoms with van der Waals surface area (Å²) >= 11 is 0. The van der Waals surface area contributed by atoms with E-state index in [9.17, 15) is 0 Å². The molecule has 2 aromatic carbocycles. The summed E-state index contributed by atoms with van der Waals surface area (Å²) in [6, 6.07) is 17.3. The van der Waals surface area contributed by atoms with Crippen molar-refractivity contribution in [1.29, 1.82) is 0 Å². The first-order valence-corrected chi connectivity index (χ1v) is 6.32. The van der Waals surface area contributed by atoms with Crippen LogP contribution in [0.3, 0.4) is 0 Å². The molecule has 4 rings (SSSR count). The molecule has 0 aliphatic heterocycles. The standard InChI is InChI=1S/C16H11N3O/c17-11-6-8-15-14(9-11)19-16(20-15)13-7-5-10-3-1-2-4-12(10)18-13/h1-9H,17H2. The van der Waals surface area contributed by atoms with Crippen molar-refractivity contribution in [3.63, 3.8) is 0 Å². The zero-order valence-electron chi connectivity index (χ0n) is 10.6. The zero-order chi connectivity index (χ0) is 13.5. The van der Waals surface area contributed by atoms with Gasteiger partial charge in [-0.2, -0.15) is 0 Å². The van der Waals surface area contributed by atoms with Crippen LogP contribution in [-0.4, -0.2) is 9.97 Å². The van der Waals surface area contributed by atoms with Crippen molar-refractivity contribution in [3.05, 3.63) is 54.6 Å². The number of nitrogens with two attached hydrogens (primary N) is 1. The Morgan fingerprint density at radius 1 is 0.850 bits per heavy atom. The monoisotopic (exact) mass is 261 g/mol. The Morgan fingerprint density at radius 3 is 2.70 bits per heavy atom. The minimum absolute atomic E-state index is 0.511. The SMILES string of the molecule is Nc1ccc2oc(-c3ccc4ccccc4n3)nc2c1. The highest BCUT2D eigenvalue weighted by molar-refractivity contribution is 5.82. The molecule has 2 heterocycles. The van der Waals surface area contributed by atoms with Gasteiger partial charge in [-0.1, -0.05) is 24.3 Å². The summed E-state index contributed by atoms with van der Waals surface area (Å²) in [7, 11) is 0.